The molecule has 0 saturated carbocycles. The van der Waals surface area contributed by atoms with Crippen molar-refractivity contribution in [2.45, 2.75) is 26.1 Å². The van der Waals surface area contributed by atoms with Crippen molar-refractivity contribution in [1.29, 1.82) is 0 Å². The van der Waals surface area contributed by atoms with Gasteiger partial charge >= 0.3 is 6.18 Å². The summed E-state index contributed by atoms with van der Waals surface area (Å²) < 4.78 is 38.6. The lowest BCUT2D eigenvalue weighted by molar-refractivity contribution is -0.137. The largest absolute Gasteiger partial charge is 0.416 e. The van der Waals surface area contributed by atoms with Gasteiger partial charge in [0, 0.05) is 16.0 Å². The van der Waals surface area contributed by atoms with E-state index < -0.39 is 17.8 Å². The third kappa shape index (κ3) is 5.70. The Bertz CT molecular complexity index is 1090. The Morgan fingerprint density at radius 3 is 2.42 bits per heavy atom. The summed E-state index contributed by atoms with van der Waals surface area (Å²) in [5.74, 6) is -0.563. The van der Waals surface area contributed by atoms with Crippen LogP contribution in [0.25, 0.3) is 11.3 Å². The number of halogens is 5. The van der Waals surface area contributed by atoms with Gasteiger partial charge in [-0.3, -0.25) is 4.79 Å². The highest BCUT2D eigenvalue weighted by atomic mass is 35.5. The highest BCUT2D eigenvalue weighted by Gasteiger charge is 2.31. The number of thiazole rings is 1. The lowest BCUT2D eigenvalue weighted by atomic mass is 10.0. The summed E-state index contributed by atoms with van der Waals surface area (Å²) in [7, 11) is 0. The van der Waals surface area contributed by atoms with Gasteiger partial charge in [-0.05, 0) is 30.2 Å². The second kappa shape index (κ2) is 9.46. The molecule has 2 aromatic carbocycles. The molecule has 31 heavy (non-hydrogen) atoms. The molecule has 3 rings (SSSR count). The van der Waals surface area contributed by atoms with Crippen LogP contribution >= 0.6 is 34.5 Å². The van der Waals surface area contributed by atoms with Crippen molar-refractivity contribution in [3.8, 4) is 11.3 Å². The molecule has 0 spiro atoms. The van der Waals surface area contributed by atoms with Crippen LogP contribution in [0, 0.1) is 5.92 Å². The molecule has 2 N–H and O–H groups in total. The molecule has 1 amide bonds. The molecule has 3 aromatic rings. The van der Waals surface area contributed by atoms with Crippen LogP contribution in [0.2, 0.25) is 10.0 Å². The van der Waals surface area contributed by atoms with Crippen LogP contribution in [0.1, 0.15) is 19.4 Å². The fourth-order valence-corrected chi connectivity index (χ4v) is 4.00. The van der Waals surface area contributed by atoms with Crippen LogP contribution in [0.15, 0.2) is 47.8 Å². The average molecular weight is 488 g/mol. The number of nitrogens with zero attached hydrogens (tertiary/aromatic N) is 1. The maximum atomic E-state index is 12.9. The summed E-state index contributed by atoms with van der Waals surface area (Å²) in [6.07, 6.45) is -4.50. The van der Waals surface area contributed by atoms with Gasteiger partial charge in [-0.15, -0.1) is 11.3 Å². The van der Waals surface area contributed by atoms with Crippen LogP contribution in [-0.2, 0) is 11.0 Å². The van der Waals surface area contributed by atoms with E-state index in [0.29, 0.717) is 15.8 Å². The van der Waals surface area contributed by atoms with Crippen molar-refractivity contribution in [2.75, 3.05) is 10.6 Å². The molecular formula is C21H18Cl2F3N3OS. The van der Waals surface area contributed by atoms with Crippen molar-refractivity contribution in [1.82, 2.24) is 4.98 Å². The van der Waals surface area contributed by atoms with Crippen molar-refractivity contribution in [3.05, 3.63) is 63.5 Å². The molecule has 0 saturated heterocycles. The summed E-state index contributed by atoms with van der Waals surface area (Å²) in [6.45, 7) is 3.62. The minimum Gasteiger partial charge on any atom is -0.372 e. The van der Waals surface area contributed by atoms with E-state index >= 15 is 0 Å². The van der Waals surface area contributed by atoms with Gasteiger partial charge < -0.3 is 10.6 Å². The lowest BCUT2D eigenvalue weighted by Crippen LogP contribution is -2.39. The molecule has 0 fully saturated rings. The highest BCUT2D eigenvalue weighted by Crippen LogP contribution is 2.34. The minimum absolute atomic E-state index is 0.122. The number of carbonyl (C=O) groups is 1. The van der Waals surface area contributed by atoms with E-state index in [4.69, 9.17) is 23.2 Å². The van der Waals surface area contributed by atoms with Gasteiger partial charge in [0.1, 0.15) is 6.04 Å². The number of hydrogen-bond acceptors (Lipinski definition) is 4. The first kappa shape index (κ1) is 23.4. The summed E-state index contributed by atoms with van der Waals surface area (Å²) in [5.41, 5.74) is 0.754. The third-order valence-electron chi connectivity index (χ3n) is 4.44. The molecule has 10 heteroatoms. The normalized spacial score (nSPS) is 12.6. The van der Waals surface area contributed by atoms with E-state index in [-0.39, 0.29) is 22.5 Å². The van der Waals surface area contributed by atoms with Crippen molar-refractivity contribution < 1.29 is 18.0 Å². The molecule has 0 bridgehead atoms. The standard InChI is InChI=1S/C21H18Cl2F3N3OS/c1-11(2)18(27-16-8-7-12(9-15(16)23)21(24,25)26)19(30)29-20-28-17(10-31-20)13-5-3-4-6-14(13)22/h3-11,18,27H,1-2H3,(H,28,29,30)/t18-/m1/s1. The zero-order chi connectivity index (χ0) is 22.8. The minimum atomic E-state index is -4.50. The number of benzene rings is 2. The molecule has 1 atom stereocenters. The first-order valence-corrected chi connectivity index (χ1v) is 10.8. The third-order valence-corrected chi connectivity index (χ3v) is 5.84. The molecule has 4 nitrogen and oxygen atoms in total. The highest BCUT2D eigenvalue weighted by molar-refractivity contribution is 7.14. The van der Waals surface area contributed by atoms with E-state index in [0.717, 1.165) is 17.7 Å². The van der Waals surface area contributed by atoms with Gasteiger partial charge in [-0.1, -0.05) is 55.2 Å². The van der Waals surface area contributed by atoms with Gasteiger partial charge in [-0.25, -0.2) is 4.98 Å². The van der Waals surface area contributed by atoms with Crippen LogP contribution in [0.4, 0.5) is 24.0 Å². The Balaban J connectivity index is 1.76. The van der Waals surface area contributed by atoms with Gasteiger partial charge in [0.25, 0.3) is 0 Å². The zero-order valence-corrected chi connectivity index (χ0v) is 18.8. The molecule has 0 unspecified atom stereocenters. The summed E-state index contributed by atoms with van der Waals surface area (Å²) in [6, 6.07) is 9.44. The van der Waals surface area contributed by atoms with Crippen LogP contribution < -0.4 is 10.6 Å². The molecular weight excluding hydrogens is 470 g/mol. The van der Waals surface area contributed by atoms with E-state index in [2.05, 4.69) is 15.6 Å². The second-order valence-electron chi connectivity index (χ2n) is 7.07. The Morgan fingerprint density at radius 2 is 1.81 bits per heavy atom. The quantitative estimate of drug-likeness (QED) is 0.386. The number of rotatable bonds is 6. The number of hydrogen-bond donors (Lipinski definition) is 2. The summed E-state index contributed by atoms with van der Waals surface area (Å²) in [4.78, 5) is 17.3. The number of amides is 1. The molecule has 164 valence electrons. The smallest absolute Gasteiger partial charge is 0.372 e. The van der Waals surface area contributed by atoms with Gasteiger partial charge in [-0.2, -0.15) is 13.2 Å². The van der Waals surface area contributed by atoms with Gasteiger partial charge in [0.2, 0.25) is 5.91 Å². The number of carbonyl (C=O) groups excluding carboxylic acids is 1. The van der Waals surface area contributed by atoms with Gasteiger partial charge in [0.05, 0.1) is 22.0 Å². The molecule has 0 radical (unpaired) electrons. The fraction of sp³-hybridized carbons (Fsp3) is 0.238. The Hall–Kier alpha value is -2.29. The Kier molecular flexibility index (Phi) is 7.13. The monoisotopic (exact) mass is 487 g/mol. The maximum absolute atomic E-state index is 12.9. The number of anilines is 2. The van der Waals surface area contributed by atoms with Gasteiger partial charge in [0.15, 0.2) is 5.13 Å². The van der Waals surface area contributed by atoms with E-state index in [9.17, 15) is 18.0 Å². The van der Waals surface area contributed by atoms with E-state index in [1.165, 1.54) is 17.4 Å². The topological polar surface area (TPSA) is 54.0 Å². The lowest BCUT2D eigenvalue weighted by Gasteiger charge is -2.23. The predicted octanol–water partition coefficient (Wildman–Crippen LogP) is 7.21. The number of alkyl halides is 3. The van der Waals surface area contributed by atoms with Crippen molar-refractivity contribution >= 4 is 51.3 Å². The second-order valence-corrected chi connectivity index (χ2v) is 8.74. The first-order valence-electron chi connectivity index (χ1n) is 9.21. The van der Waals surface area contributed by atoms with Crippen molar-refractivity contribution in [3.63, 3.8) is 0 Å². The number of aromatic nitrogens is 1. The van der Waals surface area contributed by atoms with E-state index in [1.54, 1.807) is 11.4 Å². The molecule has 0 aliphatic heterocycles. The molecule has 1 heterocycles. The van der Waals surface area contributed by atoms with E-state index in [1.807, 2.05) is 32.0 Å². The van der Waals surface area contributed by atoms with Crippen LogP contribution in [0.3, 0.4) is 0 Å². The van der Waals surface area contributed by atoms with Crippen molar-refractivity contribution in [2.24, 2.45) is 5.92 Å². The SMILES string of the molecule is CC(C)[C@@H](Nc1ccc(C(F)(F)F)cc1Cl)C(=O)Nc1nc(-c2ccccc2Cl)cs1. The fourth-order valence-electron chi connectivity index (χ4n) is 2.82. The molecule has 1 aromatic heterocycles. The number of nitrogens with one attached hydrogen (secondary N) is 2. The predicted molar refractivity (Wildman–Crippen MR) is 120 cm³/mol. The summed E-state index contributed by atoms with van der Waals surface area (Å²) in [5, 5.41) is 8.27. The molecule has 0 aliphatic carbocycles. The summed E-state index contributed by atoms with van der Waals surface area (Å²) >= 11 is 13.5. The molecule has 0 aliphatic rings. The van der Waals surface area contributed by atoms with Crippen LogP contribution in [-0.4, -0.2) is 16.9 Å². The zero-order valence-electron chi connectivity index (χ0n) is 16.4. The average Bonchev–Trinajstić information content (AvgIpc) is 3.14. The Labute approximate surface area is 191 Å². The Morgan fingerprint density at radius 1 is 1.10 bits per heavy atom. The van der Waals surface area contributed by atoms with Crippen LogP contribution in [0.5, 0.6) is 0 Å². The first-order chi connectivity index (χ1) is 14.6. The maximum Gasteiger partial charge on any atom is 0.416 e.